The van der Waals surface area contributed by atoms with Crippen LogP contribution >= 0.6 is 0 Å². The molecule has 1 atom stereocenters. The number of nitrogens with two attached hydrogens (primary N) is 1. The highest BCUT2D eigenvalue weighted by Gasteiger charge is 2.36. The number of carbonyl (C=O) groups is 1. The van der Waals surface area contributed by atoms with E-state index in [2.05, 4.69) is 5.32 Å². The maximum Gasteiger partial charge on any atom is 0.419 e. The first-order valence-electron chi connectivity index (χ1n) is 6.49. The van der Waals surface area contributed by atoms with Gasteiger partial charge in [-0.15, -0.1) is 0 Å². The number of amides is 2. The van der Waals surface area contributed by atoms with Crippen molar-refractivity contribution >= 4 is 12.5 Å². The molecular weight excluding hydrogens is 268 g/mol. The number of rotatable bonds is 4. The first-order chi connectivity index (χ1) is 10.2. The summed E-state index contributed by atoms with van der Waals surface area (Å²) in [6.45, 7) is 1.39. The summed E-state index contributed by atoms with van der Waals surface area (Å²) in [5.74, 6) is -0.300. The van der Waals surface area contributed by atoms with Crippen LogP contribution in [0.1, 0.15) is 17.0 Å². The molecule has 105 valence electrons. The van der Waals surface area contributed by atoms with E-state index in [4.69, 9.17) is 10.5 Å². The molecule has 3 N–H and O–H groups in total. The predicted octanol–water partition coefficient (Wildman–Crippen LogP) is 1.88. The van der Waals surface area contributed by atoms with E-state index in [1.54, 1.807) is 0 Å². The average Bonchev–Trinajstić information content (AvgIpc) is 2.81. The number of ether oxygens (including phenoxy) is 1. The summed E-state index contributed by atoms with van der Waals surface area (Å²) in [5.41, 5.74) is 9.25. The van der Waals surface area contributed by atoms with E-state index >= 15 is 0 Å². The molecule has 0 spiro atoms. The van der Waals surface area contributed by atoms with Crippen LogP contribution in [0.3, 0.4) is 0 Å². The van der Waals surface area contributed by atoms with Gasteiger partial charge >= 0.3 is 12.5 Å². The van der Waals surface area contributed by atoms with Crippen molar-refractivity contribution in [1.82, 2.24) is 5.32 Å². The zero-order valence-corrected chi connectivity index (χ0v) is 11.1. The zero-order valence-electron chi connectivity index (χ0n) is 11.1. The van der Waals surface area contributed by atoms with Crippen LogP contribution in [-0.2, 0) is 9.53 Å². The standard InChI is InChI=1S/C16H13N2O3/c17-16(20)18-15(21-9-19)14-12-7-3-1-5-10(12)11-6-2-4-8-13(11)14/h1-8,14-15H,(H3,17,18,20). The van der Waals surface area contributed by atoms with Crippen LogP contribution in [0, 0.1) is 0 Å². The Morgan fingerprint density at radius 3 is 2.10 bits per heavy atom. The molecular formula is C16H13N2O3. The Labute approximate surface area is 121 Å². The second-order valence-corrected chi connectivity index (χ2v) is 4.78. The van der Waals surface area contributed by atoms with Crippen LogP contribution in [0.25, 0.3) is 11.1 Å². The van der Waals surface area contributed by atoms with Crippen molar-refractivity contribution in [2.24, 2.45) is 5.73 Å². The molecule has 2 amide bonds. The smallest absolute Gasteiger partial charge is 0.419 e. The van der Waals surface area contributed by atoms with Gasteiger partial charge in [0.15, 0.2) is 6.23 Å². The lowest BCUT2D eigenvalue weighted by Crippen LogP contribution is -2.43. The molecule has 0 fully saturated rings. The first kappa shape index (κ1) is 13.2. The number of hydrogen-bond acceptors (Lipinski definition) is 3. The Kier molecular flexibility index (Phi) is 3.31. The second-order valence-electron chi connectivity index (χ2n) is 4.78. The van der Waals surface area contributed by atoms with Gasteiger partial charge in [-0.2, -0.15) is 0 Å². The molecule has 1 aliphatic carbocycles. The van der Waals surface area contributed by atoms with Crippen molar-refractivity contribution in [3.05, 3.63) is 59.7 Å². The molecule has 0 saturated heterocycles. The third-order valence-corrected chi connectivity index (χ3v) is 3.64. The zero-order chi connectivity index (χ0) is 14.8. The fraction of sp³-hybridized carbons (Fsp3) is 0.125. The van der Waals surface area contributed by atoms with Crippen LogP contribution in [0.5, 0.6) is 0 Å². The average molecular weight is 281 g/mol. The molecule has 0 aliphatic heterocycles. The Hall–Kier alpha value is -2.82. The van der Waals surface area contributed by atoms with Crippen LogP contribution in [0.4, 0.5) is 4.79 Å². The molecule has 3 rings (SSSR count). The summed E-state index contributed by atoms with van der Waals surface area (Å²) < 4.78 is 4.93. The molecule has 5 nitrogen and oxygen atoms in total. The molecule has 1 radical (unpaired) electrons. The number of urea groups is 1. The number of hydrogen-bond donors (Lipinski definition) is 2. The van der Waals surface area contributed by atoms with E-state index in [0.29, 0.717) is 0 Å². The number of fused-ring (bicyclic) bond motifs is 3. The van der Waals surface area contributed by atoms with Crippen molar-refractivity contribution in [3.63, 3.8) is 0 Å². The van der Waals surface area contributed by atoms with Crippen LogP contribution < -0.4 is 11.1 Å². The van der Waals surface area contributed by atoms with Gasteiger partial charge in [0.25, 0.3) is 0 Å². The molecule has 0 aromatic heterocycles. The molecule has 1 aliphatic rings. The van der Waals surface area contributed by atoms with Crippen LogP contribution in [-0.4, -0.2) is 18.7 Å². The normalized spacial score (nSPS) is 13.9. The molecule has 0 saturated carbocycles. The molecule has 0 heterocycles. The Balaban J connectivity index is 2.12. The molecule has 2 aromatic rings. The Morgan fingerprint density at radius 1 is 1.10 bits per heavy atom. The maximum atomic E-state index is 11.2. The van der Waals surface area contributed by atoms with Crippen molar-refractivity contribution < 1.29 is 14.3 Å². The van der Waals surface area contributed by atoms with E-state index in [9.17, 15) is 9.59 Å². The number of carbonyl (C=O) groups excluding carboxylic acids is 2. The fourth-order valence-electron chi connectivity index (χ4n) is 2.89. The molecule has 2 aromatic carbocycles. The van der Waals surface area contributed by atoms with Crippen molar-refractivity contribution in [3.8, 4) is 11.1 Å². The highest BCUT2D eigenvalue weighted by Crippen LogP contribution is 2.46. The largest absolute Gasteiger partial charge is 0.432 e. The topological polar surface area (TPSA) is 81.4 Å². The lowest BCUT2D eigenvalue weighted by atomic mass is 9.95. The molecule has 1 unspecified atom stereocenters. The summed E-state index contributed by atoms with van der Waals surface area (Å²) in [7, 11) is 0. The highest BCUT2D eigenvalue weighted by molar-refractivity contribution is 5.80. The van der Waals surface area contributed by atoms with Gasteiger partial charge in [-0.25, -0.2) is 9.59 Å². The van der Waals surface area contributed by atoms with Gasteiger partial charge in [0.05, 0.1) is 5.92 Å². The minimum atomic E-state index is -0.884. The van der Waals surface area contributed by atoms with Gasteiger partial charge in [0, 0.05) is 0 Å². The van der Waals surface area contributed by atoms with Gasteiger partial charge in [0.1, 0.15) is 0 Å². The summed E-state index contributed by atoms with van der Waals surface area (Å²) in [6.07, 6.45) is -0.884. The number of primary amides is 1. The quantitative estimate of drug-likeness (QED) is 0.839. The fourth-order valence-corrected chi connectivity index (χ4v) is 2.89. The van der Waals surface area contributed by atoms with Gasteiger partial charge < -0.3 is 15.8 Å². The highest BCUT2D eigenvalue weighted by atomic mass is 16.5. The van der Waals surface area contributed by atoms with E-state index in [-0.39, 0.29) is 5.92 Å². The Bertz CT molecular complexity index is 654. The monoisotopic (exact) mass is 281 g/mol. The number of nitrogens with one attached hydrogen (secondary N) is 1. The minimum Gasteiger partial charge on any atom is -0.432 e. The van der Waals surface area contributed by atoms with Crippen molar-refractivity contribution in [1.29, 1.82) is 0 Å². The lowest BCUT2D eigenvalue weighted by molar-refractivity contribution is 0.134. The van der Waals surface area contributed by atoms with E-state index < -0.39 is 12.3 Å². The summed E-state index contributed by atoms with van der Waals surface area (Å²) >= 11 is 0. The predicted molar refractivity (Wildman–Crippen MR) is 77.0 cm³/mol. The SMILES string of the molecule is NC(=O)NC(O[C]=O)C1c2ccccc2-c2ccccc21. The number of benzene rings is 2. The maximum absolute atomic E-state index is 11.2. The molecule has 5 heteroatoms. The lowest BCUT2D eigenvalue weighted by Gasteiger charge is -2.23. The van der Waals surface area contributed by atoms with E-state index in [1.807, 2.05) is 48.5 Å². The summed E-state index contributed by atoms with van der Waals surface area (Å²) in [5, 5.41) is 2.46. The summed E-state index contributed by atoms with van der Waals surface area (Å²) in [6, 6.07) is 14.8. The van der Waals surface area contributed by atoms with E-state index in [0.717, 1.165) is 22.3 Å². The van der Waals surface area contributed by atoms with Gasteiger partial charge in [-0.3, -0.25) is 0 Å². The molecule has 21 heavy (non-hydrogen) atoms. The van der Waals surface area contributed by atoms with Gasteiger partial charge in [-0.05, 0) is 22.3 Å². The van der Waals surface area contributed by atoms with Crippen molar-refractivity contribution in [2.75, 3.05) is 0 Å². The Morgan fingerprint density at radius 2 is 1.62 bits per heavy atom. The van der Waals surface area contributed by atoms with Crippen LogP contribution in [0.15, 0.2) is 48.5 Å². The third-order valence-electron chi connectivity index (χ3n) is 3.64. The third kappa shape index (κ3) is 2.23. The van der Waals surface area contributed by atoms with Crippen LogP contribution in [0.2, 0.25) is 0 Å². The minimum absolute atomic E-state index is 0.300. The summed E-state index contributed by atoms with van der Waals surface area (Å²) in [4.78, 5) is 21.8. The van der Waals surface area contributed by atoms with Gasteiger partial charge in [-0.1, -0.05) is 48.5 Å². The molecule has 0 bridgehead atoms. The first-order valence-corrected chi connectivity index (χ1v) is 6.49. The van der Waals surface area contributed by atoms with Gasteiger partial charge in [0.2, 0.25) is 0 Å². The van der Waals surface area contributed by atoms with Crippen molar-refractivity contribution in [2.45, 2.75) is 12.1 Å². The second kappa shape index (κ2) is 5.28. The van der Waals surface area contributed by atoms with E-state index in [1.165, 1.54) is 6.47 Å².